The van der Waals surface area contributed by atoms with Gasteiger partial charge in [0.25, 0.3) is 0 Å². The summed E-state index contributed by atoms with van der Waals surface area (Å²) in [5.41, 5.74) is 1.25. The summed E-state index contributed by atoms with van der Waals surface area (Å²) in [5.74, 6) is 1.50. The molecule has 2 fully saturated rings. The molecule has 1 saturated heterocycles. The van der Waals surface area contributed by atoms with Crippen LogP contribution in [0.1, 0.15) is 45.6 Å². The zero-order valence-corrected chi connectivity index (χ0v) is 17.8. The molecule has 3 rings (SSSR count). The zero-order valence-electron chi connectivity index (χ0n) is 17.8. The first-order valence-electron chi connectivity index (χ1n) is 11.0. The lowest BCUT2D eigenvalue weighted by Crippen LogP contribution is -2.56. The van der Waals surface area contributed by atoms with E-state index in [4.69, 9.17) is 0 Å². The molecule has 4 nitrogen and oxygen atoms in total. The Kier molecular flexibility index (Phi) is 7.69. The highest BCUT2D eigenvalue weighted by atomic mass is 16.2. The Morgan fingerprint density at radius 2 is 1.86 bits per heavy atom. The fraction of sp³-hybridized carbons (Fsp3) is 0.625. The first kappa shape index (κ1) is 21.1. The Labute approximate surface area is 171 Å². The molecule has 1 heterocycles. The Morgan fingerprint density at radius 3 is 2.57 bits per heavy atom. The van der Waals surface area contributed by atoms with Crippen molar-refractivity contribution >= 4 is 12.0 Å². The molecule has 28 heavy (non-hydrogen) atoms. The number of hydrogen-bond donors (Lipinski definition) is 1. The SMILES string of the molecule is C[C@H]1[C@@H](NC(=O)[C@@H](C)N2CCN(C/C=C/c3ccccc3)CC2)CCC[C@@H]1C. The first-order chi connectivity index (χ1) is 13.5. The first-order valence-corrected chi connectivity index (χ1v) is 11.0. The molecule has 0 radical (unpaired) electrons. The van der Waals surface area contributed by atoms with Crippen molar-refractivity contribution in [2.24, 2.45) is 11.8 Å². The Bertz CT molecular complexity index is 637. The van der Waals surface area contributed by atoms with E-state index in [1.807, 2.05) is 6.07 Å². The van der Waals surface area contributed by atoms with E-state index in [0.29, 0.717) is 17.9 Å². The van der Waals surface area contributed by atoms with E-state index in [-0.39, 0.29) is 11.9 Å². The molecule has 2 aliphatic rings. The van der Waals surface area contributed by atoms with Gasteiger partial charge in [0.05, 0.1) is 6.04 Å². The summed E-state index contributed by atoms with van der Waals surface area (Å²) >= 11 is 0. The third-order valence-electron chi connectivity index (χ3n) is 6.84. The third kappa shape index (κ3) is 5.68. The maximum Gasteiger partial charge on any atom is 0.237 e. The molecule has 154 valence electrons. The topological polar surface area (TPSA) is 35.6 Å². The van der Waals surface area contributed by atoms with Gasteiger partial charge in [-0.25, -0.2) is 0 Å². The number of carbonyl (C=O) groups excluding carboxylic acids is 1. The number of nitrogens with one attached hydrogen (secondary N) is 1. The molecule has 4 atom stereocenters. The molecular formula is C24H37N3O. The number of rotatable bonds is 6. The molecule has 0 unspecified atom stereocenters. The van der Waals surface area contributed by atoms with Crippen molar-refractivity contribution in [1.29, 1.82) is 0 Å². The molecular weight excluding hydrogens is 346 g/mol. The fourth-order valence-corrected chi connectivity index (χ4v) is 4.49. The van der Waals surface area contributed by atoms with Gasteiger partial charge < -0.3 is 5.32 Å². The van der Waals surface area contributed by atoms with Gasteiger partial charge in [-0.05, 0) is 30.7 Å². The minimum absolute atomic E-state index is 0.0357. The third-order valence-corrected chi connectivity index (χ3v) is 6.84. The molecule has 1 N–H and O–H groups in total. The van der Waals surface area contributed by atoms with Crippen LogP contribution in [0.2, 0.25) is 0 Å². The summed E-state index contributed by atoms with van der Waals surface area (Å²) in [6.07, 6.45) is 8.09. The lowest BCUT2D eigenvalue weighted by Gasteiger charge is -2.39. The number of amides is 1. The average Bonchev–Trinajstić information content (AvgIpc) is 2.72. The second kappa shape index (κ2) is 10.2. The number of carbonyl (C=O) groups is 1. The average molecular weight is 384 g/mol. The summed E-state index contributed by atoms with van der Waals surface area (Å²) in [5, 5.41) is 3.35. The van der Waals surface area contributed by atoms with Gasteiger partial charge in [-0.3, -0.25) is 14.6 Å². The van der Waals surface area contributed by atoms with Gasteiger partial charge in [0.1, 0.15) is 0 Å². The molecule has 0 aromatic heterocycles. The predicted molar refractivity (Wildman–Crippen MR) is 117 cm³/mol. The van der Waals surface area contributed by atoms with Crippen molar-refractivity contribution in [3.8, 4) is 0 Å². The normalized spacial score (nSPS) is 28.3. The number of benzene rings is 1. The molecule has 0 spiro atoms. The maximum atomic E-state index is 12.8. The summed E-state index contributed by atoms with van der Waals surface area (Å²) in [4.78, 5) is 17.6. The van der Waals surface area contributed by atoms with Crippen molar-refractivity contribution in [1.82, 2.24) is 15.1 Å². The van der Waals surface area contributed by atoms with E-state index in [9.17, 15) is 4.79 Å². The van der Waals surface area contributed by atoms with Gasteiger partial charge >= 0.3 is 0 Å². The molecule has 1 amide bonds. The van der Waals surface area contributed by atoms with Crippen molar-refractivity contribution in [3.63, 3.8) is 0 Å². The standard InChI is InChI=1S/C24H37N3O/c1-19-9-7-13-23(20(19)2)25-24(28)21(3)27-17-15-26(16-18-27)14-8-12-22-10-5-4-6-11-22/h4-6,8,10-12,19-21,23H,7,9,13-18H2,1-3H3,(H,25,28)/b12-8+/t19-,20+,21+,23-/m0/s1. The fourth-order valence-electron chi connectivity index (χ4n) is 4.49. The van der Waals surface area contributed by atoms with Crippen molar-refractivity contribution in [2.75, 3.05) is 32.7 Å². The lowest BCUT2D eigenvalue weighted by atomic mass is 9.78. The van der Waals surface area contributed by atoms with Crippen molar-refractivity contribution < 1.29 is 4.79 Å². The smallest absolute Gasteiger partial charge is 0.237 e. The van der Waals surface area contributed by atoms with Gasteiger partial charge in [-0.2, -0.15) is 0 Å². The quantitative estimate of drug-likeness (QED) is 0.814. The van der Waals surface area contributed by atoms with Crippen LogP contribution in [0.15, 0.2) is 36.4 Å². The predicted octanol–water partition coefficient (Wildman–Crippen LogP) is 3.65. The lowest BCUT2D eigenvalue weighted by molar-refractivity contribution is -0.128. The number of hydrogen-bond acceptors (Lipinski definition) is 3. The summed E-state index contributed by atoms with van der Waals surface area (Å²) in [7, 11) is 0. The number of piperazine rings is 1. The van der Waals surface area contributed by atoms with Crippen LogP contribution in [-0.4, -0.2) is 60.5 Å². The highest BCUT2D eigenvalue weighted by molar-refractivity contribution is 5.81. The largest absolute Gasteiger partial charge is 0.352 e. The van der Waals surface area contributed by atoms with E-state index in [1.54, 1.807) is 0 Å². The molecule has 1 saturated carbocycles. The molecule has 0 bridgehead atoms. The van der Waals surface area contributed by atoms with E-state index < -0.39 is 0 Å². The zero-order chi connectivity index (χ0) is 19.9. The molecule has 1 aromatic carbocycles. The second-order valence-electron chi connectivity index (χ2n) is 8.71. The van der Waals surface area contributed by atoms with Crippen molar-refractivity contribution in [2.45, 2.75) is 52.1 Å². The van der Waals surface area contributed by atoms with Crippen LogP contribution in [0.3, 0.4) is 0 Å². The Morgan fingerprint density at radius 1 is 1.14 bits per heavy atom. The second-order valence-corrected chi connectivity index (χ2v) is 8.71. The minimum Gasteiger partial charge on any atom is -0.352 e. The van der Waals surface area contributed by atoms with Crippen molar-refractivity contribution in [3.05, 3.63) is 42.0 Å². The minimum atomic E-state index is -0.0357. The van der Waals surface area contributed by atoms with Gasteiger partial charge in [0.2, 0.25) is 5.91 Å². The van der Waals surface area contributed by atoms with Crippen LogP contribution in [0, 0.1) is 11.8 Å². The van der Waals surface area contributed by atoms with Gasteiger partial charge in [-0.1, -0.05) is 69.2 Å². The Balaban J connectivity index is 1.41. The molecule has 4 heteroatoms. The highest BCUT2D eigenvalue weighted by Gasteiger charge is 2.31. The number of nitrogens with zero attached hydrogens (tertiary/aromatic N) is 2. The van der Waals surface area contributed by atoms with Crippen LogP contribution in [-0.2, 0) is 4.79 Å². The molecule has 1 aromatic rings. The summed E-state index contributed by atoms with van der Waals surface area (Å²) in [6.45, 7) is 11.6. The van der Waals surface area contributed by atoms with Crippen LogP contribution in [0.4, 0.5) is 0 Å². The molecule has 1 aliphatic carbocycles. The van der Waals surface area contributed by atoms with Crippen LogP contribution >= 0.6 is 0 Å². The highest BCUT2D eigenvalue weighted by Crippen LogP contribution is 2.29. The monoisotopic (exact) mass is 383 g/mol. The van der Waals surface area contributed by atoms with E-state index in [1.165, 1.54) is 18.4 Å². The van der Waals surface area contributed by atoms with Gasteiger partial charge in [0.15, 0.2) is 0 Å². The molecule has 1 aliphatic heterocycles. The van der Waals surface area contributed by atoms with Crippen LogP contribution < -0.4 is 5.32 Å². The summed E-state index contributed by atoms with van der Waals surface area (Å²) in [6, 6.07) is 10.8. The Hall–Kier alpha value is -1.65. The van der Waals surface area contributed by atoms with E-state index in [2.05, 4.69) is 72.3 Å². The summed E-state index contributed by atoms with van der Waals surface area (Å²) < 4.78 is 0. The van der Waals surface area contributed by atoms with Crippen LogP contribution in [0.25, 0.3) is 6.08 Å². The van der Waals surface area contributed by atoms with E-state index >= 15 is 0 Å². The van der Waals surface area contributed by atoms with Gasteiger partial charge in [-0.15, -0.1) is 0 Å². The maximum absolute atomic E-state index is 12.8. The van der Waals surface area contributed by atoms with Crippen LogP contribution in [0.5, 0.6) is 0 Å². The van der Waals surface area contributed by atoms with Gasteiger partial charge in [0, 0.05) is 38.8 Å². The van der Waals surface area contributed by atoms with E-state index in [0.717, 1.165) is 39.1 Å².